The van der Waals surface area contributed by atoms with Crippen LogP contribution >= 0.6 is 0 Å². The molecule has 0 aromatic carbocycles. The lowest BCUT2D eigenvalue weighted by Crippen LogP contribution is -2.65. The highest BCUT2D eigenvalue weighted by Gasteiger charge is 2.49. The molecule has 19 heteroatoms. The number of allylic oxidation sites excluding steroid dienone is 5. The van der Waals surface area contributed by atoms with E-state index in [1.165, 1.54) is 30.1 Å². The molecular formula is C59H92N6O13. The van der Waals surface area contributed by atoms with Gasteiger partial charge >= 0.3 is 5.97 Å². The van der Waals surface area contributed by atoms with E-state index in [-0.39, 0.29) is 67.6 Å². The van der Waals surface area contributed by atoms with Gasteiger partial charge < -0.3 is 56.0 Å². The first-order valence-electron chi connectivity index (χ1n) is 28.3. The molecule has 1 aromatic heterocycles. The molecule has 2 saturated heterocycles. The van der Waals surface area contributed by atoms with Crippen LogP contribution in [-0.2, 0) is 39.9 Å². The van der Waals surface area contributed by atoms with Crippen LogP contribution in [0, 0.1) is 47.3 Å². The summed E-state index contributed by atoms with van der Waals surface area (Å²) in [7, 11) is 0. The lowest BCUT2D eigenvalue weighted by Gasteiger charge is -2.47. The summed E-state index contributed by atoms with van der Waals surface area (Å²) >= 11 is 0. The highest BCUT2D eigenvalue weighted by molar-refractivity contribution is 5.93. The van der Waals surface area contributed by atoms with Gasteiger partial charge in [-0.15, -0.1) is 0 Å². The number of aromatic nitrogens is 1. The van der Waals surface area contributed by atoms with Crippen LogP contribution in [0.3, 0.4) is 0 Å². The molecule has 0 spiro atoms. The Kier molecular flexibility index (Phi) is 25.8. The maximum Gasteiger partial charge on any atom is 0.325 e. The number of esters is 1. The van der Waals surface area contributed by atoms with E-state index < -0.39 is 107 Å². The summed E-state index contributed by atoms with van der Waals surface area (Å²) in [5.41, 5.74) is 2.10. The van der Waals surface area contributed by atoms with Gasteiger partial charge in [0.05, 0.1) is 30.3 Å². The number of aliphatic hydroxyl groups is 5. The predicted molar refractivity (Wildman–Crippen MR) is 296 cm³/mol. The topological polar surface area (TPSA) is 297 Å². The highest BCUT2D eigenvalue weighted by Crippen LogP contribution is 2.38. The number of ketones is 1. The number of aromatic amines is 1. The van der Waals surface area contributed by atoms with Crippen molar-refractivity contribution < 1.29 is 59.0 Å². The van der Waals surface area contributed by atoms with Gasteiger partial charge in [-0.25, -0.2) is 5.43 Å². The molecule has 4 heterocycles. The normalized spacial score (nSPS) is 31.4. The van der Waals surface area contributed by atoms with E-state index in [4.69, 9.17) is 4.74 Å². The molecule has 16 atom stereocenters. The molecule has 2 bridgehead atoms. The Bertz CT molecular complexity index is 2350. The number of piperidine rings is 1. The van der Waals surface area contributed by atoms with Crippen molar-refractivity contribution in [2.24, 2.45) is 47.3 Å². The number of rotatable bonds is 19. The summed E-state index contributed by atoms with van der Waals surface area (Å²) in [5, 5.41) is 66.3. The number of hydrogen-bond donors (Lipinski definition) is 10. The third-order valence-electron chi connectivity index (χ3n) is 16.4. The van der Waals surface area contributed by atoms with Crippen molar-refractivity contribution in [1.82, 2.24) is 31.4 Å². The second kappa shape index (κ2) is 30.9. The second-order valence-corrected chi connectivity index (χ2v) is 22.9. The number of H-pyrrole nitrogens is 1. The van der Waals surface area contributed by atoms with Crippen LogP contribution in [-0.4, -0.2) is 132 Å². The molecule has 436 valence electrons. The van der Waals surface area contributed by atoms with Crippen molar-refractivity contribution in [2.45, 2.75) is 201 Å². The number of pyridine rings is 1. The quantitative estimate of drug-likeness (QED) is 0.0680. The van der Waals surface area contributed by atoms with Crippen LogP contribution in [0.5, 0.6) is 0 Å². The maximum atomic E-state index is 14.5. The standard InChI is InChI=1S/C59H92N6O13/c1-11-42-32-38(7)59(77,63-54(42)72)41(10)52(70)37(6)27-30-47(67)35(4)20-14-12-15-21-36(5)49-25-17-13-16-24-48(68)40(9)53(71)44(29-28-39(8)66)55(73)62-51(34(2)3)56(74)61-46(33-43-22-18-26-50(69)60-43)57(75)65-31-19-23-45(64-65)58(76)78-49/h12-13,15-18,21-22,24,26,34-35,37-38,40-42,44-49,51-53,64,67-68,70-71,77H,11,14,19-20,23,25,27-33H2,1-10H3,(H,60,69)(H,61,74)(H,62,73)(H,63,72)/b15-12+,17-13+,24-16+,36-21+/t35?,37?,38-,40?,41?,42?,44?,45?,46?,47?,48-,49-,51?,52?,53?,59+/m0/s1. The number of hydrogen-bond acceptors (Lipinski definition) is 14. The van der Waals surface area contributed by atoms with E-state index in [1.54, 1.807) is 52.0 Å². The third-order valence-corrected chi connectivity index (χ3v) is 16.4. The van der Waals surface area contributed by atoms with E-state index in [0.717, 1.165) is 0 Å². The zero-order valence-corrected chi connectivity index (χ0v) is 47.7. The number of carbonyl (C=O) groups excluding carboxylic acids is 6. The zero-order chi connectivity index (χ0) is 58.0. The minimum Gasteiger partial charge on any atom is -0.456 e. The average Bonchev–Trinajstić information content (AvgIpc) is 3.44. The first-order chi connectivity index (χ1) is 36.8. The Morgan fingerprint density at radius 3 is 2.31 bits per heavy atom. The van der Waals surface area contributed by atoms with Crippen LogP contribution in [0.2, 0.25) is 0 Å². The summed E-state index contributed by atoms with van der Waals surface area (Å²) in [4.78, 5) is 96.6. The number of nitrogens with zero attached hydrogens (tertiary/aromatic N) is 1. The number of cyclic esters (lactones) is 1. The fourth-order valence-corrected chi connectivity index (χ4v) is 10.6. The average molecular weight is 1090 g/mol. The van der Waals surface area contributed by atoms with E-state index in [1.807, 2.05) is 52.8 Å². The molecule has 78 heavy (non-hydrogen) atoms. The van der Waals surface area contributed by atoms with Gasteiger partial charge in [0.2, 0.25) is 23.3 Å². The minimum absolute atomic E-state index is 0.0469. The Balaban J connectivity index is 1.52. The summed E-state index contributed by atoms with van der Waals surface area (Å²) in [6.45, 7) is 17.8. The number of Topliss-reactive ketones (excluding diaryl/α,β-unsaturated/α-hetero) is 1. The molecule has 19 nitrogen and oxygen atoms in total. The number of aliphatic hydroxyl groups excluding tert-OH is 4. The van der Waals surface area contributed by atoms with Gasteiger partial charge in [-0.05, 0) is 101 Å². The Labute approximate surface area is 461 Å². The largest absolute Gasteiger partial charge is 0.456 e. The minimum atomic E-state index is -1.53. The molecule has 0 radical (unpaired) electrons. The summed E-state index contributed by atoms with van der Waals surface area (Å²) < 4.78 is 6.16. The Morgan fingerprint density at radius 1 is 0.923 bits per heavy atom. The fourth-order valence-electron chi connectivity index (χ4n) is 10.6. The van der Waals surface area contributed by atoms with Gasteiger partial charge in [-0.1, -0.05) is 104 Å². The number of hydrazine groups is 1. The van der Waals surface area contributed by atoms with Crippen molar-refractivity contribution >= 4 is 35.4 Å². The molecule has 3 aliphatic rings. The van der Waals surface area contributed by atoms with Gasteiger partial charge in [-0.3, -0.25) is 33.8 Å². The number of fused-ring (bicyclic) bond motifs is 2. The van der Waals surface area contributed by atoms with Crippen LogP contribution < -0.4 is 26.9 Å². The van der Waals surface area contributed by atoms with Crippen LogP contribution in [0.4, 0.5) is 0 Å². The molecule has 12 unspecified atom stereocenters. The fraction of sp³-hybridized carbons (Fsp3) is 0.678. The summed E-state index contributed by atoms with van der Waals surface area (Å²) in [6.07, 6.45) is 11.3. The molecule has 4 rings (SSSR count). The predicted octanol–water partition coefficient (Wildman–Crippen LogP) is 4.37. The van der Waals surface area contributed by atoms with E-state index in [9.17, 15) is 59.1 Å². The SMILES string of the molecule is CCC1C[C@H](C)[C@@](O)(C(C)C(O)C(C)CCC(O)C(C)CC/C=C/C=C(\C)[C@@H]2C/C=C/C=C/[C@H](O)C(C)C(O)C(CCC(C)=O)C(=O)NC(C(C)C)C(=O)NC(Cc3cccc(=O)[nH]3)C(=O)N3CCCC(N3)C(=O)O2)NC1=O. The van der Waals surface area contributed by atoms with Gasteiger partial charge in [0, 0.05) is 61.2 Å². The molecule has 0 aliphatic carbocycles. The van der Waals surface area contributed by atoms with Gasteiger partial charge in [0.1, 0.15) is 35.7 Å². The van der Waals surface area contributed by atoms with E-state index in [0.29, 0.717) is 62.6 Å². The van der Waals surface area contributed by atoms with E-state index >= 15 is 0 Å². The van der Waals surface area contributed by atoms with E-state index in [2.05, 4.69) is 26.4 Å². The summed E-state index contributed by atoms with van der Waals surface area (Å²) in [6, 6.07) is 0.961. The first kappa shape index (κ1) is 65.2. The highest BCUT2D eigenvalue weighted by atomic mass is 16.5. The van der Waals surface area contributed by atoms with Crippen LogP contribution in [0.25, 0.3) is 0 Å². The third kappa shape index (κ3) is 18.6. The number of amides is 4. The van der Waals surface area contributed by atoms with Gasteiger partial charge in [-0.2, -0.15) is 0 Å². The lowest BCUT2D eigenvalue weighted by atomic mass is 9.72. The van der Waals surface area contributed by atoms with Crippen molar-refractivity contribution in [3.05, 3.63) is 82.4 Å². The smallest absolute Gasteiger partial charge is 0.325 e. The monoisotopic (exact) mass is 1090 g/mol. The molecular weight excluding hydrogens is 1000 g/mol. The molecule has 2 fully saturated rings. The lowest BCUT2D eigenvalue weighted by molar-refractivity contribution is -0.170. The number of nitrogens with one attached hydrogen (secondary N) is 5. The Morgan fingerprint density at radius 2 is 1.64 bits per heavy atom. The number of carbonyl (C=O) groups is 6. The van der Waals surface area contributed by atoms with Crippen molar-refractivity contribution in [3.8, 4) is 0 Å². The Hall–Kier alpha value is -5.31. The number of ether oxygens (including phenoxy) is 1. The van der Waals surface area contributed by atoms with Crippen molar-refractivity contribution in [3.63, 3.8) is 0 Å². The van der Waals surface area contributed by atoms with Crippen molar-refractivity contribution in [1.29, 1.82) is 0 Å². The van der Waals surface area contributed by atoms with Gasteiger partial charge in [0.15, 0.2) is 0 Å². The molecule has 0 saturated carbocycles. The molecule has 1 aromatic rings. The van der Waals surface area contributed by atoms with Gasteiger partial charge in [0.25, 0.3) is 5.91 Å². The molecule has 10 N–H and O–H groups in total. The first-order valence-corrected chi connectivity index (χ1v) is 28.3. The molecule has 4 amide bonds. The van der Waals surface area contributed by atoms with Crippen molar-refractivity contribution in [2.75, 3.05) is 6.54 Å². The van der Waals surface area contributed by atoms with Crippen LogP contribution in [0.15, 0.2) is 71.1 Å². The van der Waals surface area contributed by atoms with Crippen LogP contribution in [0.1, 0.15) is 146 Å². The maximum absolute atomic E-state index is 14.5. The second-order valence-electron chi connectivity index (χ2n) is 22.9. The molecule has 3 aliphatic heterocycles. The zero-order valence-electron chi connectivity index (χ0n) is 47.7. The summed E-state index contributed by atoms with van der Waals surface area (Å²) in [5.74, 6) is -7.07.